The maximum absolute atomic E-state index is 11.9. The monoisotopic (exact) mass is 1290 g/mol. The van der Waals surface area contributed by atoms with Gasteiger partial charge in [0.2, 0.25) is 0 Å². The van der Waals surface area contributed by atoms with Gasteiger partial charge in [-0.05, 0) is 250 Å². The summed E-state index contributed by atoms with van der Waals surface area (Å²) in [6.07, 6.45) is 33.3. The van der Waals surface area contributed by atoms with Gasteiger partial charge in [0.1, 0.15) is 68.4 Å². The highest BCUT2D eigenvalue weighted by molar-refractivity contribution is 5.94. The molecule has 4 aromatic rings. The lowest BCUT2D eigenvalue weighted by molar-refractivity contribution is 0.00710. The zero-order chi connectivity index (χ0) is 68.6. The number of carbonyl (C=O) groups is 1. The molecule has 0 radical (unpaired) electrons. The van der Waals surface area contributed by atoms with Gasteiger partial charge in [0.15, 0.2) is 0 Å². The number of phenols is 5. The number of benzene rings is 4. The first-order chi connectivity index (χ1) is 44.5. The smallest absolute Gasteiger partial charge is 0.339 e. The Kier molecular flexibility index (Phi) is 24.6. The van der Waals surface area contributed by atoms with Crippen LogP contribution in [0.5, 0.6) is 46.0 Å². The maximum Gasteiger partial charge on any atom is 0.339 e. The van der Waals surface area contributed by atoms with Crippen molar-refractivity contribution in [1.29, 1.82) is 0 Å². The average Bonchev–Trinajstić information content (AvgIpc) is 0.750. The molecule has 0 spiro atoms. The number of carboxylic acids is 1. The minimum atomic E-state index is -1.05. The number of aryl methyl sites for hydroxylation is 4. The van der Waals surface area contributed by atoms with Crippen molar-refractivity contribution in [3.8, 4) is 46.0 Å². The molecule has 0 saturated heterocycles. The van der Waals surface area contributed by atoms with Crippen LogP contribution in [-0.4, -0.2) is 53.4 Å². The maximum atomic E-state index is 11.9. The number of aromatic carboxylic acids is 1. The molecule has 6 N–H and O–H groups in total. The lowest BCUT2D eigenvalue weighted by Crippen LogP contribution is -2.45. The number of phenolic OH excluding ortho intramolecular Hbond substituents is 4. The molecule has 8 atom stereocenters. The van der Waals surface area contributed by atoms with Gasteiger partial charge in [0.25, 0.3) is 0 Å². The topological polar surface area (TPSA) is 166 Å². The molecule has 0 fully saturated rings. The summed E-state index contributed by atoms with van der Waals surface area (Å²) >= 11 is 0. The molecule has 0 aromatic heterocycles. The average molecular weight is 1290 g/mol. The van der Waals surface area contributed by atoms with Gasteiger partial charge < -0.3 is 44.8 Å². The first kappa shape index (κ1) is 73.3. The van der Waals surface area contributed by atoms with Gasteiger partial charge >= 0.3 is 5.97 Å². The summed E-state index contributed by atoms with van der Waals surface area (Å²) < 4.78 is 19.0. The van der Waals surface area contributed by atoms with E-state index < -0.39 is 5.97 Å². The second-order valence-electron chi connectivity index (χ2n) is 30.8. The van der Waals surface area contributed by atoms with E-state index in [1.165, 1.54) is 71.9 Å². The Morgan fingerprint density at radius 3 is 1.38 bits per heavy atom. The van der Waals surface area contributed by atoms with Crippen molar-refractivity contribution in [1.82, 2.24) is 0 Å². The van der Waals surface area contributed by atoms with Gasteiger partial charge in [-0.3, -0.25) is 0 Å². The molecule has 514 valence electrons. The molecule has 4 aromatic carbocycles. The molecule has 0 amide bonds. The molecule has 10 heteroatoms. The fraction of sp³-hybridized carbons (Fsp3) is 0.583. The number of aromatic hydroxyl groups is 5. The highest BCUT2D eigenvalue weighted by Crippen LogP contribution is 2.58. The molecule has 2 unspecified atom stereocenters. The van der Waals surface area contributed by atoms with Crippen molar-refractivity contribution in [2.45, 2.75) is 292 Å². The highest BCUT2D eigenvalue weighted by Gasteiger charge is 2.49. The summed E-state index contributed by atoms with van der Waals surface area (Å²) in [4.78, 5) is 11.9. The summed E-state index contributed by atoms with van der Waals surface area (Å²) in [5.74, 6) is 4.81. The number of ether oxygens (including phenoxy) is 3. The predicted molar refractivity (Wildman–Crippen MR) is 385 cm³/mol. The normalized spacial score (nSPS) is 23.8. The van der Waals surface area contributed by atoms with Gasteiger partial charge in [0.05, 0.1) is 0 Å². The van der Waals surface area contributed by atoms with Crippen LogP contribution in [0.1, 0.15) is 304 Å². The molecular formula is C84H118O10. The molecule has 7 aliphatic rings. The van der Waals surface area contributed by atoms with Gasteiger partial charge in [-0.1, -0.05) is 131 Å². The van der Waals surface area contributed by atoms with Crippen LogP contribution in [0.25, 0.3) is 0 Å². The standard InChI is InChI=1S/C22H30O4.2C21H30O2.C20H28O2/c1-5-6-7-8-14-12-17-19(20(23)18(14)21(24)25)15-11-13(2)9-10-16(15)22(3,4)26-17;2*1-5-6-7-8-15-12-18(22)20-16-11-14(2)9-10-17(16)21(3,4)23-19(20)13-15;1-5-6-7-15-11-18(21)20(19(22)12-15)17-10-14(4)8-9-16(17)13(2)3/h9,12,15-16,23H,5-8,10-11H2,1-4H3,(H,24,25);11-13,16-17,22H,5-10H2,1-4H3;9,12-13,16-17,22H,5-8,10-11H2,1-4H3;10-12,16-17,21-22H,2,5-9H2,1,3-4H3/t15-,16-;16-,17+;16-,17-;/m111./s1. The molecule has 3 aliphatic heterocycles. The summed E-state index contributed by atoms with van der Waals surface area (Å²) in [6.45, 7) is 36.4. The van der Waals surface area contributed by atoms with Crippen molar-refractivity contribution in [2.24, 2.45) is 23.7 Å². The van der Waals surface area contributed by atoms with E-state index in [9.17, 15) is 35.4 Å². The number of fused-ring (bicyclic) bond motifs is 9. The first-order valence-corrected chi connectivity index (χ1v) is 36.3. The van der Waals surface area contributed by atoms with Crippen molar-refractivity contribution < 1.29 is 49.6 Å². The zero-order valence-electron chi connectivity index (χ0n) is 60.3. The summed E-state index contributed by atoms with van der Waals surface area (Å²) in [7, 11) is 0. The Morgan fingerprint density at radius 1 is 0.489 bits per heavy atom. The van der Waals surface area contributed by atoms with Crippen LogP contribution in [0.15, 0.2) is 101 Å². The quantitative estimate of drug-likeness (QED) is 0.0417. The Morgan fingerprint density at radius 2 is 0.894 bits per heavy atom. The minimum absolute atomic E-state index is 0.0199. The van der Waals surface area contributed by atoms with Gasteiger partial charge in [-0.15, -0.1) is 0 Å². The molecule has 4 aliphatic carbocycles. The second kappa shape index (κ2) is 31.5. The van der Waals surface area contributed by atoms with Gasteiger partial charge in [-0.2, -0.15) is 0 Å². The van der Waals surface area contributed by atoms with E-state index in [-0.39, 0.29) is 69.2 Å². The van der Waals surface area contributed by atoms with E-state index in [0.717, 1.165) is 136 Å². The Balaban J connectivity index is 0.000000161. The van der Waals surface area contributed by atoms with E-state index >= 15 is 0 Å². The third-order valence-electron chi connectivity index (χ3n) is 22.0. The van der Waals surface area contributed by atoms with Crippen LogP contribution in [-0.2, 0) is 25.7 Å². The molecule has 11 rings (SSSR count). The van der Waals surface area contributed by atoms with E-state index in [4.69, 9.17) is 14.2 Å². The molecule has 3 heterocycles. The number of hydrogen-bond acceptors (Lipinski definition) is 9. The molecule has 94 heavy (non-hydrogen) atoms. The predicted octanol–water partition coefficient (Wildman–Crippen LogP) is 22.4. The summed E-state index contributed by atoms with van der Waals surface area (Å²) in [6, 6.07) is 13.8. The fourth-order valence-electron chi connectivity index (χ4n) is 16.7. The van der Waals surface area contributed by atoms with E-state index in [0.29, 0.717) is 58.1 Å². The SMILES string of the molecule is C=C(C)C1CCC(C)=CC1c1c(O)cc(CCCC)cc1O.CCCCCc1cc(O)c2c(c1)OC(C)(C)[C@@H]1CC=C(C)C[C@@H]21.CCCCCc1cc(O)c2c(c1)OC(C)(C)[C@H]1CCC(C)=C[C@@H]21.CCCCCc1cc2c(c(O)c1C(=O)O)[C@@H]1CC(C)=CC[C@H]1C(C)(C)O2. The number of hydrogen-bond donors (Lipinski definition) is 6. The van der Waals surface area contributed by atoms with Crippen LogP contribution in [0.4, 0.5) is 0 Å². The van der Waals surface area contributed by atoms with Crippen molar-refractivity contribution in [3.63, 3.8) is 0 Å². The van der Waals surface area contributed by atoms with Crippen molar-refractivity contribution >= 4 is 5.97 Å². The number of allylic oxidation sites excluding steroid dienone is 9. The molecular weight excluding hydrogens is 1170 g/mol. The minimum Gasteiger partial charge on any atom is -0.508 e. The lowest BCUT2D eigenvalue weighted by atomic mass is 9.66. The third-order valence-corrected chi connectivity index (χ3v) is 22.0. The largest absolute Gasteiger partial charge is 0.508 e. The lowest BCUT2D eigenvalue weighted by Gasteiger charge is -2.47. The Hall–Kier alpha value is -6.55. The summed E-state index contributed by atoms with van der Waals surface area (Å²) in [5, 5.41) is 63.1. The molecule has 0 bridgehead atoms. The van der Waals surface area contributed by atoms with E-state index in [2.05, 4.69) is 140 Å². The van der Waals surface area contributed by atoms with Crippen molar-refractivity contribution in [2.75, 3.05) is 0 Å². The molecule has 10 nitrogen and oxygen atoms in total. The van der Waals surface area contributed by atoms with E-state index in [1.54, 1.807) is 0 Å². The third kappa shape index (κ3) is 17.0. The molecule has 0 saturated carbocycles. The van der Waals surface area contributed by atoms with Crippen LogP contribution in [0.2, 0.25) is 0 Å². The fourth-order valence-corrected chi connectivity index (χ4v) is 16.7. The van der Waals surface area contributed by atoms with Crippen LogP contribution < -0.4 is 14.2 Å². The van der Waals surface area contributed by atoms with Gasteiger partial charge in [-0.25, -0.2) is 4.79 Å². The Bertz CT molecular complexity index is 3430. The van der Waals surface area contributed by atoms with Crippen LogP contribution >= 0.6 is 0 Å². The summed E-state index contributed by atoms with van der Waals surface area (Å²) in [5.41, 5.74) is 13.4. The van der Waals surface area contributed by atoms with Crippen LogP contribution in [0, 0.1) is 23.7 Å². The van der Waals surface area contributed by atoms with Crippen molar-refractivity contribution in [3.05, 3.63) is 151 Å². The van der Waals surface area contributed by atoms with Crippen LogP contribution in [0.3, 0.4) is 0 Å². The zero-order valence-corrected chi connectivity index (χ0v) is 60.3. The number of carboxylic acid groups (broad SMARTS) is 1. The van der Waals surface area contributed by atoms with E-state index in [1.807, 2.05) is 37.3 Å². The number of rotatable bonds is 18. The number of unbranched alkanes of at least 4 members (excludes halogenated alkanes) is 7. The second-order valence-corrected chi connectivity index (χ2v) is 30.8. The Labute approximate surface area is 565 Å². The first-order valence-electron chi connectivity index (χ1n) is 36.3. The highest BCUT2D eigenvalue weighted by atomic mass is 16.5. The van der Waals surface area contributed by atoms with Gasteiger partial charge in [0, 0.05) is 63.7 Å².